The van der Waals surface area contributed by atoms with Crippen LogP contribution in [0.4, 0.5) is 4.79 Å². The fourth-order valence-electron chi connectivity index (χ4n) is 6.21. The topological polar surface area (TPSA) is 102 Å². The van der Waals surface area contributed by atoms with Gasteiger partial charge in [0.1, 0.15) is 0 Å². The van der Waals surface area contributed by atoms with Crippen molar-refractivity contribution in [3.8, 4) is 11.1 Å². The van der Waals surface area contributed by atoms with Crippen LogP contribution in [-0.2, 0) is 26.0 Å². The Bertz CT molecular complexity index is 1690. The molecule has 1 aliphatic carbocycles. The number of halogens is 1. The van der Waals surface area contributed by atoms with E-state index in [1.165, 1.54) is 23.1 Å². The molecule has 1 saturated carbocycles. The van der Waals surface area contributed by atoms with Crippen LogP contribution in [0.5, 0.6) is 0 Å². The molecule has 220 valence electrons. The highest BCUT2D eigenvalue weighted by Gasteiger charge is 2.35. The van der Waals surface area contributed by atoms with Gasteiger partial charge in [-0.25, -0.2) is 13.2 Å². The Labute approximate surface area is 253 Å². The van der Waals surface area contributed by atoms with E-state index in [1.54, 1.807) is 35.6 Å². The fraction of sp³-hybridized carbons (Fsp3) is 0.355. The third-order valence-electron chi connectivity index (χ3n) is 8.26. The molecule has 0 bridgehead atoms. The summed E-state index contributed by atoms with van der Waals surface area (Å²) in [6.07, 6.45) is 8.55. The van der Waals surface area contributed by atoms with Crippen LogP contribution in [0, 0.1) is 0 Å². The number of carbonyl (C=O) groups excluding carboxylic acids is 2. The lowest BCUT2D eigenvalue weighted by molar-refractivity contribution is -0.134. The smallest absolute Gasteiger partial charge is 0.353 e. The summed E-state index contributed by atoms with van der Waals surface area (Å²) in [7, 11) is -4.25. The third-order valence-corrected chi connectivity index (χ3v) is 11.1. The number of aromatic nitrogens is 1. The first-order valence-corrected chi connectivity index (χ1v) is 16.4. The van der Waals surface area contributed by atoms with E-state index >= 15 is 0 Å². The molecule has 0 radical (unpaired) electrons. The molecule has 2 aromatic carbocycles. The number of hydrogen-bond acceptors (Lipinski definition) is 6. The Hall–Kier alpha value is -3.41. The van der Waals surface area contributed by atoms with Crippen LogP contribution < -0.4 is 0 Å². The molecular formula is C31H32BrN3O6S. The lowest BCUT2D eigenvalue weighted by atomic mass is 9.81. The SMILES string of the molecule is O=C(Cc1c(-c2ccoc2)c2c(C3CCCCC3)cccc2n1C(=O)N(Br)S(=O)(=O)c1ccccc1)N1CCOCC1. The van der Waals surface area contributed by atoms with E-state index in [9.17, 15) is 18.0 Å². The molecule has 1 saturated heterocycles. The average molecular weight is 655 g/mol. The molecule has 4 aromatic rings. The Morgan fingerprint density at radius 1 is 0.952 bits per heavy atom. The summed E-state index contributed by atoms with van der Waals surface area (Å²) in [6, 6.07) is 14.6. The molecule has 2 aliphatic rings. The van der Waals surface area contributed by atoms with Gasteiger partial charge in [0, 0.05) is 35.3 Å². The molecule has 2 amide bonds. The first-order chi connectivity index (χ1) is 20.4. The van der Waals surface area contributed by atoms with Gasteiger partial charge in [0.25, 0.3) is 10.0 Å². The van der Waals surface area contributed by atoms with Gasteiger partial charge in [0.15, 0.2) is 0 Å². The van der Waals surface area contributed by atoms with Crippen molar-refractivity contribution in [2.45, 2.75) is 49.3 Å². The van der Waals surface area contributed by atoms with Crippen molar-refractivity contribution < 1.29 is 27.2 Å². The third kappa shape index (κ3) is 5.29. The minimum Gasteiger partial charge on any atom is -0.472 e. The van der Waals surface area contributed by atoms with Crippen molar-refractivity contribution in [3.63, 3.8) is 0 Å². The van der Waals surface area contributed by atoms with E-state index in [-0.39, 0.29) is 23.1 Å². The molecule has 2 aromatic heterocycles. The van der Waals surface area contributed by atoms with Gasteiger partial charge in [-0.15, -0.1) is 3.33 Å². The highest BCUT2D eigenvalue weighted by molar-refractivity contribution is 9.09. The number of sulfonamides is 1. The van der Waals surface area contributed by atoms with Gasteiger partial charge in [0.05, 0.1) is 58.7 Å². The van der Waals surface area contributed by atoms with Gasteiger partial charge in [-0.1, -0.05) is 49.6 Å². The highest BCUT2D eigenvalue weighted by Crippen LogP contribution is 2.44. The summed E-state index contributed by atoms with van der Waals surface area (Å²) in [5.74, 6) is 0.126. The summed E-state index contributed by atoms with van der Waals surface area (Å²) < 4.78 is 40.0. The van der Waals surface area contributed by atoms with Crippen LogP contribution in [0.3, 0.4) is 0 Å². The van der Waals surface area contributed by atoms with Gasteiger partial charge < -0.3 is 14.1 Å². The van der Waals surface area contributed by atoms with E-state index in [4.69, 9.17) is 9.15 Å². The summed E-state index contributed by atoms with van der Waals surface area (Å²) in [6.45, 7) is 1.79. The van der Waals surface area contributed by atoms with Crippen LogP contribution in [-0.4, -0.2) is 59.5 Å². The van der Waals surface area contributed by atoms with E-state index in [1.807, 2.05) is 18.2 Å². The number of morpholine rings is 1. The Balaban J connectivity index is 1.57. The number of amides is 2. The van der Waals surface area contributed by atoms with Crippen LogP contribution in [0.2, 0.25) is 0 Å². The molecule has 0 spiro atoms. The molecule has 3 heterocycles. The van der Waals surface area contributed by atoms with Crippen molar-refractivity contribution in [1.29, 1.82) is 0 Å². The number of rotatable bonds is 6. The molecule has 6 rings (SSSR count). The van der Waals surface area contributed by atoms with Gasteiger partial charge in [-0.05, 0) is 48.6 Å². The number of benzene rings is 2. The molecule has 42 heavy (non-hydrogen) atoms. The molecule has 0 N–H and O–H groups in total. The number of carbonyl (C=O) groups is 2. The number of fused-ring (bicyclic) bond motifs is 1. The fourth-order valence-corrected chi connectivity index (χ4v) is 7.84. The zero-order valence-corrected chi connectivity index (χ0v) is 25.5. The Morgan fingerprint density at radius 3 is 2.38 bits per heavy atom. The zero-order chi connectivity index (χ0) is 29.3. The van der Waals surface area contributed by atoms with Crippen LogP contribution in [0.25, 0.3) is 22.0 Å². The van der Waals surface area contributed by atoms with Gasteiger partial charge >= 0.3 is 6.03 Å². The largest absolute Gasteiger partial charge is 0.472 e. The lowest BCUT2D eigenvalue weighted by Gasteiger charge is -2.27. The molecule has 0 atom stereocenters. The van der Waals surface area contributed by atoms with E-state index in [0.717, 1.165) is 42.2 Å². The molecular weight excluding hydrogens is 622 g/mol. The standard InChI is InChI=1S/C31H32BrN3O6S/c32-35(42(38,39)24-10-5-2-6-11-24)31(37)34-26-13-7-12-25(22-8-3-1-4-9-22)30(26)29(23-14-17-41-21-23)27(34)20-28(36)33-15-18-40-19-16-33/h2,5-7,10-14,17,21-22H,1,3-4,8-9,15-16,18-20H2. The van der Waals surface area contributed by atoms with Crippen molar-refractivity contribution >= 4 is 49.0 Å². The minimum absolute atomic E-state index is 0.0319. The highest BCUT2D eigenvalue weighted by atomic mass is 79.9. The summed E-state index contributed by atoms with van der Waals surface area (Å²) in [5, 5.41) is 0.849. The number of nitrogens with zero attached hydrogens (tertiary/aromatic N) is 3. The zero-order valence-electron chi connectivity index (χ0n) is 23.1. The van der Waals surface area contributed by atoms with Gasteiger partial charge in [-0.3, -0.25) is 9.36 Å². The van der Waals surface area contributed by atoms with Crippen LogP contribution in [0.1, 0.15) is 49.3 Å². The second kappa shape index (κ2) is 12.1. The molecule has 0 unspecified atom stereocenters. The Morgan fingerprint density at radius 2 is 1.69 bits per heavy atom. The number of hydrogen-bond donors (Lipinski definition) is 0. The van der Waals surface area contributed by atoms with E-state index in [0.29, 0.717) is 46.4 Å². The maximum absolute atomic E-state index is 14.3. The monoisotopic (exact) mass is 653 g/mol. The summed E-state index contributed by atoms with van der Waals surface area (Å²) >= 11 is 3.10. The maximum atomic E-state index is 14.3. The van der Waals surface area contributed by atoms with E-state index < -0.39 is 16.1 Å². The van der Waals surface area contributed by atoms with E-state index in [2.05, 4.69) is 22.2 Å². The normalized spacial score (nSPS) is 16.5. The van der Waals surface area contributed by atoms with Crippen molar-refractivity contribution in [1.82, 2.24) is 12.8 Å². The Kier molecular flexibility index (Phi) is 8.24. The second-order valence-corrected chi connectivity index (χ2v) is 13.7. The minimum atomic E-state index is -4.25. The van der Waals surface area contributed by atoms with Crippen LogP contribution in [0.15, 0.2) is 76.4 Å². The molecule has 2 fully saturated rings. The van der Waals surface area contributed by atoms with Gasteiger partial charge in [-0.2, -0.15) is 0 Å². The average Bonchev–Trinajstić information content (AvgIpc) is 3.67. The summed E-state index contributed by atoms with van der Waals surface area (Å²) in [4.78, 5) is 29.7. The van der Waals surface area contributed by atoms with Crippen molar-refractivity contribution in [2.24, 2.45) is 0 Å². The number of ether oxygens (including phenoxy) is 1. The first-order valence-electron chi connectivity index (χ1n) is 14.2. The lowest BCUT2D eigenvalue weighted by Crippen LogP contribution is -2.42. The predicted octanol–water partition coefficient (Wildman–Crippen LogP) is 6.32. The van der Waals surface area contributed by atoms with Gasteiger partial charge in [0.2, 0.25) is 5.91 Å². The van der Waals surface area contributed by atoms with Crippen molar-refractivity contribution in [3.05, 3.63) is 78.4 Å². The quantitative estimate of drug-likeness (QED) is 0.226. The second-order valence-electron chi connectivity index (χ2n) is 10.7. The molecule has 1 aliphatic heterocycles. The predicted molar refractivity (Wildman–Crippen MR) is 162 cm³/mol. The molecule has 11 heteroatoms. The maximum Gasteiger partial charge on any atom is 0.353 e. The number of furan rings is 1. The summed E-state index contributed by atoms with van der Waals surface area (Å²) in [5.41, 5.74) is 3.52. The first kappa shape index (κ1) is 28.7. The molecule has 9 nitrogen and oxygen atoms in total. The van der Waals surface area contributed by atoms with Crippen LogP contribution >= 0.6 is 16.1 Å². The van der Waals surface area contributed by atoms with Crippen molar-refractivity contribution in [2.75, 3.05) is 26.3 Å².